The molecule has 1 atom stereocenters. The third-order valence-corrected chi connectivity index (χ3v) is 5.27. The van der Waals surface area contributed by atoms with Crippen LogP contribution >= 0.6 is 0 Å². The predicted molar refractivity (Wildman–Crippen MR) is 132 cm³/mol. The first kappa shape index (κ1) is 26.3. The van der Waals surface area contributed by atoms with E-state index in [-0.39, 0.29) is 23.4 Å². The molecule has 0 saturated heterocycles. The molecule has 34 heavy (non-hydrogen) atoms. The van der Waals surface area contributed by atoms with Crippen LogP contribution in [-0.4, -0.2) is 42.2 Å². The van der Waals surface area contributed by atoms with E-state index in [2.05, 4.69) is 10.6 Å². The second-order valence-electron chi connectivity index (χ2n) is 7.58. The van der Waals surface area contributed by atoms with E-state index < -0.39 is 0 Å². The Hall–Kier alpha value is -4.00. The summed E-state index contributed by atoms with van der Waals surface area (Å²) in [5, 5.41) is 23.7. The van der Waals surface area contributed by atoms with Gasteiger partial charge < -0.3 is 25.6 Å². The van der Waals surface area contributed by atoms with Crippen LogP contribution in [0.1, 0.15) is 34.8 Å². The number of rotatable bonds is 10. The van der Waals surface area contributed by atoms with Gasteiger partial charge in [-0.05, 0) is 60.7 Å². The van der Waals surface area contributed by atoms with E-state index in [1.54, 1.807) is 43.5 Å². The van der Waals surface area contributed by atoms with Crippen molar-refractivity contribution in [1.29, 1.82) is 0 Å². The van der Waals surface area contributed by atoms with Crippen LogP contribution in [0.3, 0.4) is 0 Å². The van der Waals surface area contributed by atoms with Gasteiger partial charge in [0.25, 0.3) is 5.91 Å². The van der Waals surface area contributed by atoms with Gasteiger partial charge in [0.15, 0.2) is 11.5 Å². The summed E-state index contributed by atoms with van der Waals surface area (Å²) < 4.78 is 5.07. The quantitative estimate of drug-likeness (QED) is 0.269. The standard InChI is InChI=1S/C19H22N2O3.C8H10O2/c1-24-18-11-8-16(9-12-18)19(23)20-13-17(21-14-22)10-7-15-5-3-2-4-6-15;1-2-6-4-3-5-7(9)8(6)10/h2-6,8-9,11-12,14,17H,7,10,13H2,1H3,(H,20,23)(H,21,22);3-5,9-10H,2H2,1H3/t17-;/m0./s1. The zero-order chi connectivity index (χ0) is 24.8. The monoisotopic (exact) mass is 464 g/mol. The van der Waals surface area contributed by atoms with Crippen molar-refractivity contribution < 1.29 is 24.5 Å². The molecule has 0 aliphatic carbocycles. The van der Waals surface area contributed by atoms with E-state index in [1.165, 1.54) is 11.6 Å². The zero-order valence-corrected chi connectivity index (χ0v) is 19.5. The second-order valence-corrected chi connectivity index (χ2v) is 7.58. The van der Waals surface area contributed by atoms with Crippen molar-refractivity contribution in [3.63, 3.8) is 0 Å². The molecule has 7 nitrogen and oxygen atoms in total. The van der Waals surface area contributed by atoms with E-state index in [4.69, 9.17) is 14.9 Å². The lowest BCUT2D eigenvalue weighted by Crippen LogP contribution is -2.40. The summed E-state index contributed by atoms with van der Waals surface area (Å²) in [6, 6.07) is 21.8. The molecule has 0 spiro atoms. The number of nitrogens with one attached hydrogen (secondary N) is 2. The topological polar surface area (TPSA) is 108 Å². The van der Waals surface area contributed by atoms with Crippen LogP contribution in [0.15, 0.2) is 72.8 Å². The van der Waals surface area contributed by atoms with Crippen molar-refractivity contribution in [3.05, 3.63) is 89.5 Å². The lowest BCUT2D eigenvalue weighted by Gasteiger charge is -2.17. The van der Waals surface area contributed by atoms with Gasteiger partial charge in [0, 0.05) is 18.2 Å². The molecule has 3 aromatic rings. The largest absolute Gasteiger partial charge is 0.504 e. The molecule has 3 rings (SSSR count). The number of benzene rings is 3. The molecule has 4 N–H and O–H groups in total. The third-order valence-electron chi connectivity index (χ3n) is 5.27. The average molecular weight is 465 g/mol. The minimum atomic E-state index is -0.171. The number of methoxy groups -OCH3 is 1. The molecule has 0 bridgehead atoms. The maximum absolute atomic E-state index is 12.2. The molecule has 0 aliphatic heterocycles. The van der Waals surface area contributed by atoms with Crippen LogP contribution in [0.25, 0.3) is 0 Å². The van der Waals surface area contributed by atoms with Crippen LogP contribution in [0, 0.1) is 0 Å². The minimum absolute atomic E-state index is 0.00463. The van der Waals surface area contributed by atoms with Gasteiger partial charge >= 0.3 is 0 Å². The Bertz CT molecular complexity index is 1020. The molecule has 0 heterocycles. The number of para-hydroxylation sites is 1. The summed E-state index contributed by atoms with van der Waals surface area (Å²) in [6.45, 7) is 2.31. The van der Waals surface area contributed by atoms with E-state index in [0.29, 0.717) is 24.3 Å². The predicted octanol–water partition coefficient (Wildman–Crippen LogP) is 3.83. The number of phenols is 2. The molecule has 2 amide bonds. The summed E-state index contributed by atoms with van der Waals surface area (Å²) in [7, 11) is 1.58. The molecular formula is C27H32N2O5. The molecule has 7 heteroatoms. The molecule has 0 radical (unpaired) electrons. The van der Waals surface area contributed by atoms with Crippen molar-refractivity contribution in [2.45, 2.75) is 32.2 Å². The minimum Gasteiger partial charge on any atom is -0.504 e. The summed E-state index contributed by atoms with van der Waals surface area (Å²) in [6.07, 6.45) is 3.01. The van der Waals surface area contributed by atoms with Gasteiger partial charge in [-0.25, -0.2) is 0 Å². The molecule has 0 unspecified atom stereocenters. The van der Waals surface area contributed by atoms with Crippen molar-refractivity contribution in [1.82, 2.24) is 10.6 Å². The first-order chi connectivity index (χ1) is 16.5. The van der Waals surface area contributed by atoms with Crippen LogP contribution in [0.2, 0.25) is 0 Å². The van der Waals surface area contributed by atoms with Gasteiger partial charge in [-0.15, -0.1) is 0 Å². The van der Waals surface area contributed by atoms with Crippen LogP contribution in [0.5, 0.6) is 17.2 Å². The Kier molecular flexibility index (Phi) is 11.0. The summed E-state index contributed by atoms with van der Waals surface area (Å²) in [5.74, 6) is 0.495. The number of aromatic hydroxyl groups is 2. The summed E-state index contributed by atoms with van der Waals surface area (Å²) >= 11 is 0. The van der Waals surface area contributed by atoms with Gasteiger partial charge in [0.2, 0.25) is 6.41 Å². The average Bonchev–Trinajstić information content (AvgIpc) is 2.88. The Morgan fingerprint density at radius 2 is 1.71 bits per heavy atom. The Morgan fingerprint density at radius 3 is 2.29 bits per heavy atom. The van der Waals surface area contributed by atoms with Gasteiger partial charge in [-0.1, -0.05) is 49.4 Å². The van der Waals surface area contributed by atoms with E-state index in [9.17, 15) is 9.59 Å². The number of carbonyl (C=O) groups is 2. The highest BCUT2D eigenvalue weighted by Crippen LogP contribution is 2.28. The fourth-order valence-electron chi connectivity index (χ4n) is 3.25. The van der Waals surface area contributed by atoms with Crippen LogP contribution in [0.4, 0.5) is 0 Å². The highest BCUT2D eigenvalue weighted by atomic mass is 16.5. The number of aryl methyl sites for hydroxylation is 2. The van der Waals surface area contributed by atoms with Crippen LogP contribution < -0.4 is 15.4 Å². The number of amides is 2. The van der Waals surface area contributed by atoms with Crippen LogP contribution in [-0.2, 0) is 17.6 Å². The first-order valence-electron chi connectivity index (χ1n) is 11.1. The molecule has 180 valence electrons. The van der Waals surface area contributed by atoms with Gasteiger partial charge in [0.1, 0.15) is 5.75 Å². The summed E-state index contributed by atoms with van der Waals surface area (Å²) in [4.78, 5) is 22.9. The van der Waals surface area contributed by atoms with Crippen molar-refractivity contribution >= 4 is 12.3 Å². The lowest BCUT2D eigenvalue weighted by atomic mass is 10.1. The normalized spacial score (nSPS) is 10.9. The Balaban J connectivity index is 0.000000340. The first-order valence-corrected chi connectivity index (χ1v) is 11.1. The highest BCUT2D eigenvalue weighted by Gasteiger charge is 2.11. The van der Waals surface area contributed by atoms with Gasteiger partial charge in [-0.3, -0.25) is 9.59 Å². The van der Waals surface area contributed by atoms with Crippen molar-refractivity contribution in [2.75, 3.05) is 13.7 Å². The second kappa shape index (κ2) is 14.2. The Morgan fingerprint density at radius 1 is 1.00 bits per heavy atom. The molecular weight excluding hydrogens is 432 g/mol. The molecule has 0 aliphatic rings. The fraction of sp³-hybridized carbons (Fsp3) is 0.259. The third kappa shape index (κ3) is 8.50. The molecule has 0 fully saturated rings. The number of carbonyl (C=O) groups excluding carboxylic acids is 2. The highest BCUT2D eigenvalue weighted by molar-refractivity contribution is 5.94. The van der Waals surface area contributed by atoms with Gasteiger partial charge in [-0.2, -0.15) is 0 Å². The number of phenolic OH excluding ortho intramolecular Hbond substituents is 2. The number of ether oxygens (including phenoxy) is 1. The van der Waals surface area contributed by atoms with E-state index >= 15 is 0 Å². The lowest BCUT2D eigenvalue weighted by molar-refractivity contribution is -0.110. The van der Waals surface area contributed by atoms with E-state index in [1.807, 2.05) is 37.3 Å². The van der Waals surface area contributed by atoms with Gasteiger partial charge in [0.05, 0.1) is 7.11 Å². The maximum atomic E-state index is 12.2. The van der Waals surface area contributed by atoms with Crippen molar-refractivity contribution in [2.24, 2.45) is 0 Å². The maximum Gasteiger partial charge on any atom is 0.251 e. The number of hydrogen-bond acceptors (Lipinski definition) is 5. The smallest absolute Gasteiger partial charge is 0.251 e. The molecule has 3 aromatic carbocycles. The SMILES string of the molecule is CCc1cccc(O)c1O.COc1ccc(C(=O)NC[C@H](CCc2ccccc2)NC=O)cc1. The van der Waals surface area contributed by atoms with Crippen molar-refractivity contribution in [3.8, 4) is 17.2 Å². The fourth-order valence-corrected chi connectivity index (χ4v) is 3.25. The number of hydrogen-bond donors (Lipinski definition) is 4. The molecule has 0 saturated carbocycles. The Labute approximate surface area is 200 Å². The van der Waals surface area contributed by atoms with E-state index in [0.717, 1.165) is 24.8 Å². The summed E-state index contributed by atoms with van der Waals surface area (Å²) in [5.41, 5.74) is 2.54. The molecule has 0 aromatic heterocycles. The zero-order valence-electron chi connectivity index (χ0n) is 19.5.